The van der Waals surface area contributed by atoms with Crippen LogP contribution in [0.2, 0.25) is 5.02 Å². The van der Waals surface area contributed by atoms with Gasteiger partial charge in [-0.05, 0) is 35.9 Å². The van der Waals surface area contributed by atoms with Crippen molar-refractivity contribution in [2.75, 3.05) is 5.32 Å². The minimum Gasteiger partial charge on any atom is -0.478 e. The van der Waals surface area contributed by atoms with E-state index in [0.29, 0.717) is 10.7 Å². The predicted molar refractivity (Wildman–Crippen MR) is 74.1 cm³/mol. The van der Waals surface area contributed by atoms with E-state index in [1.807, 2.05) is 20.0 Å². The van der Waals surface area contributed by atoms with Gasteiger partial charge in [0.15, 0.2) is 7.85 Å². The number of aromatic nitrogens is 1. The number of anilines is 2. The molecule has 0 saturated carbocycles. The van der Waals surface area contributed by atoms with Crippen LogP contribution in [0.4, 0.5) is 11.4 Å². The fraction of sp³-hybridized carbons (Fsp3) is 0. The molecule has 18 heavy (non-hydrogen) atoms. The van der Waals surface area contributed by atoms with E-state index in [0.717, 1.165) is 11.3 Å². The highest BCUT2D eigenvalue weighted by molar-refractivity contribution is 6.31. The van der Waals surface area contributed by atoms with Gasteiger partial charge < -0.3 is 10.4 Å². The van der Waals surface area contributed by atoms with Gasteiger partial charge >= 0.3 is 5.97 Å². The lowest BCUT2D eigenvalue weighted by Gasteiger charge is -2.09. The largest absolute Gasteiger partial charge is 0.478 e. The molecule has 0 saturated heterocycles. The summed E-state index contributed by atoms with van der Waals surface area (Å²) in [6.45, 7) is 0. The Kier molecular flexibility index (Phi) is 3.53. The van der Waals surface area contributed by atoms with Gasteiger partial charge in [-0.25, -0.2) is 4.79 Å². The van der Waals surface area contributed by atoms with Crippen molar-refractivity contribution in [1.82, 2.24) is 4.98 Å². The molecule has 1 aromatic heterocycles. The summed E-state index contributed by atoms with van der Waals surface area (Å²) in [6.07, 6.45) is 1.65. The normalized spacial score (nSPS) is 10.1. The van der Waals surface area contributed by atoms with Gasteiger partial charge in [0.2, 0.25) is 0 Å². The lowest BCUT2D eigenvalue weighted by atomic mass is 10.0. The summed E-state index contributed by atoms with van der Waals surface area (Å²) in [5.41, 5.74) is 2.24. The van der Waals surface area contributed by atoms with E-state index >= 15 is 0 Å². The summed E-state index contributed by atoms with van der Waals surface area (Å²) >= 11 is 5.78. The highest BCUT2D eigenvalue weighted by Gasteiger charge is 2.10. The topological polar surface area (TPSA) is 62.2 Å². The molecule has 0 fully saturated rings. The highest BCUT2D eigenvalue weighted by atomic mass is 35.5. The van der Waals surface area contributed by atoms with Crippen LogP contribution in [0.1, 0.15) is 10.4 Å². The van der Waals surface area contributed by atoms with Crippen LogP contribution < -0.4 is 10.9 Å². The summed E-state index contributed by atoms with van der Waals surface area (Å²) < 4.78 is 0. The number of halogens is 1. The molecule has 1 aromatic carbocycles. The molecule has 6 heteroatoms. The van der Waals surface area contributed by atoms with Crippen LogP contribution in [0.15, 0.2) is 36.5 Å². The van der Waals surface area contributed by atoms with Gasteiger partial charge in [0.05, 0.1) is 16.9 Å². The Morgan fingerprint density at radius 3 is 2.72 bits per heavy atom. The molecule has 0 atom stereocenters. The van der Waals surface area contributed by atoms with Crippen LogP contribution in [0.3, 0.4) is 0 Å². The molecule has 0 aliphatic carbocycles. The number of hydrogen-bond donors (Lipinski definition) is 2. The molecule has 0 aliphatic rings. The first kappa shape index (κ1) is 12.5. The molecule has 0 unspecified atom stereocenters. The highest BCUT2D eigenvalue weighted by Crippen LogP contribution is 2.23. The first-order valence-corrected chi connectivity index (χ1v) is 5.66. The number of carbonyl (C=O) groups is 1. The van der Waals surface area contributed by atoms with E-state index < -0.39 is 5.97 Å². The third-order valence-corrected chi connectivity index (χ3v) is 2.64. The number of nitrogens with zero attached hydrogens (tertiary/aromatic N) is 1. The second-order valence-electron chi connectivity index (χ2n) is 3.81. The Morgan fingerprint density at radius 1 is 1.33 bits per heavy atom. The number of benzene rings is 1. The van der Waals surface area contributed by atoms with E-state index in [1.165, 1.54) is 6.07 Å². The lowest BCUT2D eigenvalue weighted by molar-refractivity contribution is 0.0698. The van der Waals surface area contributed by atoms with E-state index in [2.05, 4.69) is 10.3 Å². The van der Waals surface area contributed by atoms with Gasteiger partial charge in [0.1, 0.15) is 0 Å². The molecule has 1 heterocycles. The number of carboxylic acids is 1. The average Bonchev–Trinajstić information content (AvgIpc) is 2.34. The fourth-order valence-electron chi connectivity index (χ4n) is 1.50. The molecule has 90 valence electrons. The molecular weight excluding hydrogens is 250 g/mol. The molecule has 0 bridgehead atoms. The summed E-state index contributed by atoms with van der Waals surface area (Å²) in [5.74, 6) is -1.03. The number of aromatic carboxylic acids is 1. The minimum atomic E-state index is -1.03. The van der Waals surface area contributed by atoms with Gasteiger partial charge in [-0.1, -0.05) is 11.6 Å². The third kappa shape index (κ3) is 2.81. The van der Waals surface area contributed by atoms with E-state index in [-0.39, 0.29) is 5.56 Å². The fourth-order valence-corrected chi connectivity index (χ4v) is 1.67. The van der Waals surface area contributed by atoms with Crippen molar-refractivity contribution in [3.05, 3.63) is 47.1 Å². The van der Waals surface area contributed by atoms with Gasteiger partial charge in [-0.2, -0.15) is 0 Å². The standard InChI is InChI=1S/C12H10BClN2O2/c13-11-4-2-8(6-15-11)16-10-3-1-7(14)5-9(10)12(17)18/h1-6,16H,13H2,(H,17,18). The summed E-state index contributed by atoms with van der Waals surface area (Å²) in [6, 6.07) is 8.36. The van der Waals surface area contributed by atoms with Crippen molar-refractivity contribution in [3.8, 4) is 0 Å². The van der Waals surface area contributed by atoms with Crippen LogP contribution >= 0.6 is 11.6 Å². The molecule has 0 radical (unpaired) electrons. The van der Waals surface area contributed by atoms with Crippen molar-refractivity contribution in [2.45, 2.75) is 0 Å². The third-order valence-electron chi connectivity index (χ3n) is 2.40. The van der Waals surface area contributed by atoms with E-state index in [1.54, 1.807) is 18.3 Å². The van der Waals surface area contributed by atoms with Crippen molar-refractivity contribution in [3.63, 3.8) is 0 Å². The number of carboxylic acid groups (broad SMARTS) is 1. The van der Waals surface area contributed by atoms with Crippen molar-refractivity contribution < 1.29 is 9.90 Å². The first-order valence-electron chi connectivity index (χ1n) is 5.29. The van der Waals surface area contributed by atoms with Crippen LogP contribution in [0, 0.1) is 0 Å². The molecule has 2 rings (SSSR count). The second kappa shape index (κ2) is 5.10. The predicted octanol–water partition coefficient (Wildman–Crippen LogP) is 1.44. The SMILES string of the molecule is Bc1ccc(Nc2ccc(Cl)cc2C(=O)O)cn1. The number of hydrogen-bond acceptors (Lipinski definition) is 3. The molecule has 0 aliphatic heterocycles. The Hall–Kier alpha value is -2.01. The average molecular weight is 260 g/mol. The second-order valence-corrected chi connectivity index (χ2v) is 4.24. The first-order chi connectivity index (χ1) is 8.56. The summed E-state index contributed by atoms with van der Waals surface area (Å²) in [5, 5.41) is 12.5. The zero-order valence-electron chi connectivity index (χ0n) is 9.64. The number of pyridine rings is 1. The number of rotatable bonds is 3. The lowest BCUT2D eigenvalue weighted by Crippen LogP contribution is -2.08. The van der Waals surface area contributed by atoms with Crippen LogP contribution in [-0.4, -0.2) is 23.9 Å². The molecule has 0 spiro atoms. The van der Waals surface area contributed by atoms with Gasteiger partial charge in [-0.15, -0.1) is 0 Å². The quantitative estimate of drug-likeness (QED) is 0.820. The van der Waals surface area contributed by atoms with Crippen molar-refractivity contribution >= 4 is 42.4 Å². The van der Waals surface area contributed by atoms with E-state index in [4.69, 9.17) is 16.7 Å². The molecular formula is C12H10BClN2O2. The Labute approximate surface area is 110 Å². The number of nitrogens with one attached hydrogen (secondary N) is 1. The van der Waals surface area contributed by atoms with Crippen molar-refractivity contribution in [1.29, 1.82) is 0 Å². The zero-order chi connectivity index (χ0) is 13.1. The maximum absolute atomic E-state index is 11.1. The van der Waals surface area contributed by atoms with E-state index in [9.17, 15) is 4.79 Å². The maximum Gasteiger partial charge on any atom is 0.337 e. The monoisotopic (exact) mass is 260 g/mol. The van der Waals surface area contributed by atoms with Gasteiger partial charge in [0, 0.05) is 11.2 Å². The van der Waals surface area contributed by atoms with Gasteiger partial charge in [0.25, 0.3) is 0 Å². The van der Waals surface area contributed by atoms with Crippen LogP contribution in [0.25, 0.3) is 0 Å². The molecule has 4 nitrogen and oxygen atoms in total. The smallest absolute Gasteiger partial charge is 0.337 e. The summed E-state index contributed by atoms with van der Waals surface area (Å²) in [7, 11) is 1.88. The molecule has 2 aromatic rings. The summed E-state index contributed by atoms with van der Waals surface area (Å²) in [4.78, 5) is 15.2. The van der Waals surface area contributed by atoms with Crippen LogP contribution in [-0.2, 0) is 0 Å². The Balaban J connectivity index is 2.34. The van der Waals surface area contributed by atoms with Crippen LogP contribution in [0.5, 0.6) is 0 Å². The minimum absolute atomic E-state index is 0.128. The maximum atomic E-state index is 11.1. The van der Waals surface area contributed by atoms with Crippen molar-refractivity contribution in [2.24, 2.45) is 0 Å². The zero-order valence-corrected chi connectivity index (χ0v) is 10.4. The Morgan fingerprint density at radius 2 is 2.11 bits per heavy atom. The van der Waals surface area contributed by atoms with Gasteiger partial charge in [-0.3, -0.25) is 4.98 Å². The Bertz CT molecular complexity index is 587. The molecule has 0 amide bonds. The molecule has 2 N–H and O–H groups in total.